The lowest BCUT2D eigenvalue weighted by atomic mass is 10.1. The van der Waals surface area contributed by atoms with Gasteiger partial charge in [0.1, 0.15) is 13.2 Å². The average molecular weight is 881 g/mol. The fraction of sp³-hybridized carbons (Fsp3) is 0.772. The Balaban J connectivity index is 4.42. The van der Waals surface area contributed by atoms with Gasteiger partial charge in [-0.3, -0.25) is 14.4 Å². The minimum atomic E-state index is -0.790. The van der Waals surface area contributed by atoms with Crippen LogP contribution in [0.25, 0.3) is 0 Å². The molecule has 6 nitrogen and oxygen atoms in total. The molecule has 0 aliphatic carbocycles. The molecule has 0 bridgehead atoms. The molecule has 63 heavy (non-hydrogen) atoms. The average Bonchev–Trinajstić information content (AvgIpc) is 3.28. The number of hydrogen-bond acceptors (Lipinski definition) is 6. The van der Waals surface area contributed by atoms with Crippen LogP contribution in [0.15, 0.2) is 60.8 Å². The van der Waals surface area contributed by atoms with Gasteiger partial charge >= 0.3 is 17.9 Å². The summed E-state index contributed by atoms with van der Waals surface area (Å²) in [5.41, 5.74) is 0. The third kappa shape index (κ3) is 50.0. The second-order valence-electron chi connectivity index (χ2n) is 17.8. The van der Waals surface area contributed by atoms with E-state index in [0.717, 1.165) is 83.5 Å². The lowest BCUT2D eigenvalue weighted by Crippen LogP contribution is -2.30. The molecule has 0 spiro atoms. The third-order valence-electron chi connectivity index (χ3n) is 11.5. The topological polar surface area (TPSA) is 78.9 Å². The second-order valence-corrected chi connectivity index (χ2v) is 17.8. The van der Waals surface area contributed by atoms with Crippen LogP contribution in [0.1, 0.15) is 265 Å². The number of ether oxygens (including phenoxy) is 3. The van der Waals surface area contributed by atoms with E-state index < -0.39 is 6.10 Å². The molecule has 0 heterocycles. The summed E-state index contributed by atoms with van der Waals surface area (Å²) in [4.78, 5) is 38.0. The fourth-order valence-electron chi connectivity index (χ4n) is 7.42. The minimum Gasteiger partial charge on any atom is -0.462 e. The molecular formula is C57H100O6. The summed E-state index contributed by atoms with van der Waals surface area (Å²) in [5, 5.41) is 0. The van der Waals surface area contributed by atoms with Crippen molar-refractivity contribution in [3.63, 3.8) is 0 Å². The zero-order chi connectivity index (χ0) is 45.8. The minimum absolute atomic E-state index is 0.0866. The van der Waals surface area contributed by atoms with Crippen LogP contribution in [0, 0.1) is 0 Å². The summed E-state index contributed by atoms with van der Waals surface area (Å²) < 4.78 is 16.8. The van der Waals surface area contributed by atoms with Crippen LogP contribution in [0.3, 0.4) is 0 Å². The van der Waals surface area contributed by atoms with Crippen molar-refractivity contribution in [1.82, 2.24) is 0 Å². The van der Waals surface area contributed by atoms with Gasteiger partial charge in [0.25, 0.3) is 0 Å². The Bertz CT molecular complexity index is 1150. The van der Waals surface area contributed by atoms with Gasteiger partial charge in [-0.1, -0.05) is 216 Å². The second kappa shape index (κ2) is 51.7. The molecule has 364 valence electrons. The predicted molar refractivity (Wildman–Crippen MR) is 270 cm³/mol. The number of rotatable bonds is 48. The number of hydrogen-bond donors (Lipinski definition) is 0. The van der Waals surface area contributed by atoms with Gasteiger partial charge in [-0.25, -0.2) is 0 Å². The van der Waals surface area contributed by atoms with E-state index in [4.69, 9.17) is 14.2 Å². The summed E-state index contributed by atoms with van der Waals surface area (Å²) in [6.07, 6.45) is 63.4. The predicted octanol–water partition coefficient (Wildman–Crippen LogP) is 17.6. The smallest absolute Gasteiger partial charge is 0.306 e. The molecule has 1 atom stereocenters. The van der Waals surface area contributed by atoms with E-state index in [0.29, 0.717) is 19.3 Å². The van der Waals surface area contributed by atoms with E-state index in [2.05, 4.69) is 81.5 Å². The van der Waals surface area contributed by atoms with Crippen molar-refractivity contribution in [2.45, 2.75) is 271 Å². The molecule has 0 saturated heterocycles. The molecule has 0 aliphatic heterocycles. The van der Waals surface area contributed by atoms with Crippen LogP contribution in [0.5, 0.6) is 0 Å². The summed E-state index contributed by atoms with van der Waals surface area (Å²) in [7, 11) is 0. The highest BCUT2D eigenvalue weighted by molar-refractivity contribution is 5.71. The number of carbonyl (C=O) groups excluding carboxylic acids is 3. The largest absolute Gasteiger partial charge is 0.462 e. The van der Waals surface area contributed by atoms with E-state index in [-0.39, 0.29) is 31.1 Å². The highest BCUT2D eigenvalue weighted by Gasteiger charge is 2.19. The first-order valence-electron chi connectivity index (χ1n) is 26.8. The molecule has 6 heteroatoms. The van der Waals surface area contributed by atoms with Gasteiger partial charge in [0.15, 0.2) is 6.10 Å². The summed E-state index contributed by atoms with van der Waals surface area (Å²) >= 11 is 0. The normalized spacial score (nSPS) is 12.5. The summed E-state index contributed by atoms with van der Waals surface area (Å²) in [5.74, 6) is -0.917. The van der Waals surface area contributed by atoms with E-state index in [1.54, 1.807) is 0 Å². The molecule has 0 saturated carbocycles. The Morgan fingerprint density at radius 3 is 0.968 bits per heavy atom. The maximum Gasteiger partial charge on any atom is 0.306 e. The van der Waals surface area contributed by atoms with Gasteiger partial charge in [0.05, 0.1) is 0 Å². The van der Waals surface area contributed by atoms with Crippen molar-refractivity contribution in [2.24, 2.45) is 0 Å². The summed E-state index contributed by atoms with van der Waals surface area (Å²) in [6, 6.07) is 0. The van der Waals surface area contributed by atoms with Gasteiger partial charge in [-0.15, -0.1) is 0 Å². The van der Waals surface area contributed by atoms with E-state index in [1.165, 1.54) is 141 Å². The van der Waals surface area contributed by atoms with Crippen molar-refractivity contribution in [2.75, 3.05) is 13.2 Å². The lowest BCUT2D eigenvalue weighted by Gasteiger charge is -2.18. The Morgan fingerprint density at radius 2 is 0.571 bits per heavy atom. The number of allylic oxidation sites excluding steroid dienone is 10. The maximum atomic E-state index is 12.8. The first kappa shape index (κ1) is 60.1. The zero-order valence-electron chi connectivity index (χ0n) is 41.6. The first-order chi connectivity index (χ1) is 31.0. The molecule has 0 aromatic rings. The molecule has 0 radical (unpaired) electrons. The molecular weight excluding hydrogens is 781 g/mol. The van der Waals surface area contributed by atoms with Crippen molar-refractivity contribution >= 4 is 17.9 Å². The molecule has 0 N–H and O–H groups in total. The Labute approximate surface area is 390 Å². The van der Waals surface area contributed by atoms with Crippen LogP contribution in [0.2, 0.25) is 0 Å². The van der Waals surface area contributed by atoms with Crippen LogP contribution >= 0.6 is 0 Å². The lowest BCUT2D eigenvalue weighted by molar-refractivity contribution is -0.167. The van der Waals surface area contributed by atoms with E-state index >= 15 is 0 Å². The fourth-order valence-corrected chi connectivity index (χ4v) is 7.42. The highest BCUT2D eigenvalue weighted by atomic mass is 16.6. The Morgan fingerprint density at radius 1 is 0.317 bits per heavy atom. The van der Waals surface area contributed by atoms with Crippen molar-refractivity contribution < 1.29 is 28.6 Å². The molecule has 0 aromatic heterocycles. The SMILES string of the molecule is CCCCC/C=C\C/C=C\C/C=C\C/C=C\CCCCCC(=O)O[C@H](COC(=O)CCCCCCCCC/C=C\CCCCCC)COC(=O)CCCCCCCCCCCCC. The first-order valence-corrected chi connectivity index (χ1v) is 26.8. The molecule has 0 fully saturated rings. The monoisotopic (exact) mass is 881 g/mol. The van der Waals surface area contributed by atoms with Gasteiger partial charge in [0.2, 0.25) is 0 Å². The standard InChI is InChI=1S/C57H100O6/c1-4-7-10-13-16-19-22-24-26-27-28-29-31-33-36-39-42-45-48-51-57(60)63-54(52-61-55(58)49-46-43-40-37-34-21-18-15-12-9-6-3)53-62-56(59)50-47-44-41-38-35-32-30-25-23-20-17-14-11-8-5-2/h16,19-20,23-24,26,28-29,33,36,54H,4-15,17-18,21-22,25,27,30-32,34-35,37-53H2,1-3H3/b19-16-,23-20-,26-24-,29-28-,36-33-/t54-/m0/s1. The van der Waals surface area contributed by atoms with Crippen LogP contribution in [-0.2, 0) is 28.6 Å². The number of carbonyl (C=O) groups is 3. The van der Waals surface area contributed by atoms with Crippen LogP contribution in [-0.4, -0.2) is 37.2 Å². The van der Waals surface area contributed by atoms with Crippen LogP contribution < -0.4 is 0 Å². The molecule has 0 aromatic carbocycles. The van der Waals surface area contributed by atoms with Crippen molar-refractivity contribution in [3.05, 3.63) is 60.8 Å². The number of esters is 3. The van der Waals surface area contributed by atoms with Gasteiger partial charge in [-0.2, -0.15) is 0 Å². The van der Waals surface area contributed by atoms with Crippen LogP contribution in [0.4, 0.5) is 0 Å². The van der Waals surface area contributed by atoms with Gasteiger partial charge < -0.3 is 14.2 Å². The highest BCUT2D eigenvalue weighted by Crippen LogP contribution is 2.15. The van der Waals surface area contributed by atoms with Gasteiger partial charge in [-0.05, 0) is 89.9 Å². The Kier molecular flexibility index (Phi) is 49.4. The molecule has 0 rings (SSSR count). The van der Waals surface area contributed by atoms with E-state index in [9.17, 15) is 14.4 Å². The molecule has 0 aliphatic rings. The van der Waals surface area contributed by atoms with Gasteiger partial charge in [0, 0.05) is 19.3 Å². The molecule has 0 unspecified atom stereocenters. The maximum absolute atomic E-state index is 12.8. The number of unbranched alkanes of at least 4 members (excludes halogenated alkanes) is 27. The van der Waals surface area contributed by atoms with E-state index in [1.807, 2.05) is 0 Å². The van der Waals surface area contributed by atoms with Crippen molar-refractivity contribution in [3.8, 4) is 0 Å². The zero-order valence-corrected chi connectivity index (χ0v) is 41.6. The molecule has 0 amide bonds. The quantitative estimate of drug-likeness (QED) is 0.0262. The Hall–Kier alpha value is -2.89. The van der Waals surface area contributed by atoms with Crippen molar-refractivity contribution in [1.29, 1.82) is 0 Å². The third-order valence-corrected chi connectivity index (χ3v) is 11.5. The summed E-state index contributed by atoms with van der Waals surface area (Å²) in [6.45, 7) is 6.57.